The van der Waals surface area contributed by atoms with Crippen LogP contribution < -0.4 is 16.1 Å². The van der Waals surface area contributed by atoms with E-state index in [-0.39, 0.29) is 18.0 Å². The van der Waals surface area contributed by atoms with E-state index >= 15 is 0 Å². The summed E-state index contributed by atoms with van der Waals surface area (Å²) in [6.45, 7) is 4.94. The van der Waals surface area contributed by atoms with Gasteiger partial charge in [-0.1, -0.05) is 30.3 Å². The number of hydrogen-bond acceptors (Lipinski definition) is 6. The predicted octanol–water partition coefficient (Wildman–Crippen LogP) is 2.36. The number of piperidine rings is 1. The van der Waals surface area contributed by atoms with Crippen molar-refractivity contribution in [3.05, 3.63) is 52.0 Å². The standard InChI is InChI=1S/C21H25N5OS/c1-13-19(15-5-3-2-4-6-15)25-21(28-13)16-12-23-26-17(11-18(27)24-20(16)26)14-7-9-22-10-8-14/h2-6,11,14,16,20,22-23H,7-10,12H2,1H3,(H,24,27). The summed E-state index contributed by atoms with van der Waals surface area (Å²) >= 11 is 1.74. The smallest absolute Gasteiger partial charge is 0.247 e. The molecular formula is C21H25N5OS. The van der Waals surface area contributed by atoms with E-state index in [1.54, 1.807) is 17.4 Å². The Morgan fingerprint density at radius 3 is 2.75 bits per heavy atom. The van der Waals surface area contributed by atoms with Gasteiger partial charge in [-0.25, -0.2) is 10.4 Å². The van der Waals surface area contributed by atoms with E-state index in [0.717, 1.165) is 54.4 Å². The minimum atomic E-state index is -0.0726. The number of benzene rings is 1. The van der Waals surface area contributed by atoms with Crippen LogP contribution in [0.25, 0.3) is 11.3 Å². The molecule has 2 saturated heterocycles. The lowest BCUT2D eigenvalue weighted by Crippen LogP contribution is -2.53. The molecule has 2 fully saturated rings. The van der Waals surface area contributed by atoms with Gasteiger partial charge >= 0.3 is 0 Å². The second-order valence-corrected chi connectivity index (χ2v) is 8.94. The molecule has 1 aromatic heterocycles. The topological polar surface area (TPSA) is 69.3 Å². The normalized spacial score (nSPS) is 25.4. The summed E-state index contributed by atoms with van der Waals surface area (Å²) in [5, 5.41) is 9.85. The Kier molecular flexibility index (Phi) is 4.66. The minimum Gasteiger partial charge on any atom is -0.330 e. The number of aryl methyl sites for hydroxylation is 1. The first-order valence-electron chi connectivity index (χ1n) is 9.99. The van der Waals surface area contributed by atoms with Gasteiger partial charge in [-0.05, 0) is 32.9 Å². The summed E-state index contributed by atoms with van der Waals surface area (Å²) in [5.74, 6) is 0.592. The molecule has 28 heavy (non-hydrogen) atoms. The van der Waals surface area contributed by atoms with Gasteiger partial charge < -0.3 is 10.6 Å². The van der Waals surface area contributed by atoms with Gasteiger partial charge in [-0.2, -0.15) is 0 Å². The van der Waals surface area contributed by atoms with E-state index in [0.29, 0.717) is 5.92 Å². The molecule has 2 unspecified atom stereocenters. The Hall–Kier alpha value is -2.22. The summed E-state index contributed by atoms with van der Waals surface area (Å²) in [4.78, 5) is 18.7. The lowest BCUT2D eigenvalue weighted by molar-refractivity contribution is -0.119. The van der Waals surface area contributed by atoms with Gasteiger partial charge in [0, 0.05) is 34.7 Å². The molecule has 2 aromatic rings. The highest BCUT2D eigenvalue weighted by molar-refractivity contribution is 7.12. The third-order valence-corrected chi connectivity index (χ3v) is 7.03. The maximum absolute atomic E-state index is 12.5. The number of nitrogens with one attached hydrogen (secondary N) is 3. The number of aromatic nitrogens is 1. The molecular weight excluding hydrogens is 370 g/mol. The van der Waals surface area contributed by atoms with Crippen molar-refractivity contribution in [2.24, 2.45) is 5.92 Å². The van der Waals surface area contributed by atoms with Gasteiger partial charge in [0.25, 0.3) is 0 Å². The largest absolute Gasteiger partial charge is 0.330 e. The average Bonchev–Trinajstić information content (AvgIpc) is 3.32. The Morgan fingerprint density at radius 2 is 1.96 bits per heavy atom. The maximum Gasteiger partial charge on any atom is 0.247 e. The van der Waals surface area contributed by atoms with Gasteiger partial charge in [0.2, 0.25) is 5.91 Å². The summed E-state index contributed by atoms with van der Waals surface area (Å²) in [7, 11) is 0. The second kappa shape index (κ2) is 7.31. The van der Waals surface area contributed by atoms with E-state index in [1.807, 2.05) is 18.2 Å². The summed E-state index contributed by atoms with van der Waals surface area (Å²) in [6.07, 6.45) is 3.85. The number of carbonyl (C=O) groups is 1. The molecule has 0 bridgehead atoms. The van der Waals surface area contributed by atoms with E-state index in [1.165, 1.54) is 4.88 Å². The molecule has 3 aliphatic rings. The molecule has 0 radical (unpaired) electrons. The van der Waals surface area contributed by atoms with Crippen molar-refractivity contribution in [1.29, 1.82) is 0 Å². The number of fused-ring (bicyclic) bond motifs is 1. The van der Waals surface area contributed by atoms with Crippen molar-refractivity contribution in [3.8, 4) is 11.3 Å². The number of rotatable bonds is 3. The van der Waals surface area contributed by atoms with Crippen LogP contribution in [0.3, 0.4) is 0 Å². The van der Waals surface area contributed by atoms with Crippen LogP contribution in [0.15, 0.2) is 42.1 Å². The third kappa shape index (κ3) is 3.13. The molecule has 0 saturated carbocycles. The predicted molar refractivity (Wildman–Crippen MR) is 110 cm³/mol. The third-order valence-electron chi connectivity index (χ3n) is 5.92. The molecule has 4 heterocycles. The van der Waals surface area contributed by atoms with Crippen molar-refractivity contribution in [2.45, 2.75) is 31.8 Å². The summed E-state index contributed by atoms with van der Waals surface area (Å²) in [6, 6.07) is 10.3. The molecule has 6 nitrogen and oxygen atoms in total. The van der Waals surface area contributed by atoms with Crippen LogP contribution in [0.1, 0.15) is 28.6 Å². The van der Waals surface area contributed by atoms with E-state index in [9.17, 15) is 4.79 Å². The number of hydrogen-bond donors (Lipinski definition) is 3. The lowest BCUT2D eigenvalue weighted by atomic mass is 9.92. The fourth-order valence-corrected chi connectivity index (χ4v) is 5.56. The lowest BCUT2D eigenvalue weighted by Gasteiger charge is -2.38. The Morgan fingerprint density at radius 1 is 1.18 bits per heavy atom. The second-order valence-electron chi connectivity index (χ2n) is 7.71. The van der Waals surface area contributed by atoms with E-state index < -0.39 is 0 Å². The molecule has 5 rings (SSSR count). The van der Waals surface area contributed by atoms with Crippen molar-refractivity contribution in [3.63, 3.8) is 0 Å². The highest BCUT2D eigenvalue weighted by Gasteiger charge is 2.43. The summed E-state index contributed by atoms with van der Waals surface area (Å²) < 4.78 is 0. The first-order chi connectivity index (χ1) is 13.7. The van der Waals surface area contributed by atoms with Crippen LogP contribution in [0.2, 0.25) is 0 Å². The number of amides is 1. The van der Waals surface area contributed by atoms with Crippen LogP contribution in [0.4, 0.5) is 0 Å². The number of nitrogens with zero attached hydrogens (tertiary/aromatic N) is 2. The number of allylic oxidation sites excluding steroid dienone is 1. The molecule has 2 atom stereocenters. The van der Waals surface area contributed by atoms with E-state index in [2.05, 4.69) is 40.1 Å². The van der Waals surface area contributed by atoms with Gasteiger partial charge in [0.1, 0.15) is 11.2 Å². The molecule has 7 heteroatoms. The van der Waals surface area contributed by atoms with E-state index in [4.69, 9.17) is 4.98 Å². The Balaban J connectivity index is 1.43. The Labute approximate surface area is 169 Å². The molecule has 0 aliphatic carbocycles. The van der Waals surface area contributed by atoms with Crippen LogP contribution in [-0.4, -0.2) is 41.7 Å². The first-order valence-corrected chi connectivity index (χ1v) is 10.8. The number of thiazole rings is 1. The first kappa shape index (κ1) is 17.8. The molecule has 3 N–H and O–H groups in total. The minimum absolute atomic E-state index is 0.0139. The van der Waals surface area contributed by atoms with Gasteiger partial charge in [0.05, 0.1) is 11.6 Å². The Bertz CT molecular complexity index is 903. The number of hydrazine groups is 1. The van der Waals surface area contributed by atoms with Crippen LogP contribution in [0.5, 0.6) is 0 Å². The highest BCUT2D eigenvalue weighted by atomic mass is 32.1. The van der Waals surface area contributed by atoms with Gasteiger partial charge in [0.15, 0.2) is 0 Å². The number of carbonyl (C=O) groups excluding carboxylic acids is 1. The quantitative estimate of drug-likeness (QED) is 0.744. The molecule has 146 valence electrons. The molecule has 0 spiro atoms. The molecule has 3 aliphatic heterocycles. The van der Waals surface area contributed by atoms with Gasteiger partial charge in [-0.3, -0.25) is 9.80 Å². The van der Waals surface area contributed by atoms with Crippen LogP contribution in [0, 0.1) is 12.8 Å². The molecule has 1 aromatic carbocycles. The average molecular weight is 396 g/mol. The van der Waals surface area contributed by atoms with Crippen molar-refractivity contribution < 1.29 is 4.79 Å². The SMILES string of the molecule is Cc1sc(C2CNN3C(C4CCNCC4)=CC(=O)NC23)nc1-c1ccccc1. The van der Waals surface area contributed by atoms with Crippen molar-refractivity contribution in [2.75, 3.05) is 19.6 Å². The van der Waals surface area contributed by atoms with Gasteiger partial charge in [-0.15, -0.1) is 11.3 Å². The fourth-order valence-electron chi connectivity index (χ4n) is 4.49. The van der Waals surface area contributed by atoms with Crippen molar-refractivity contribution in [1.82, 2.24) is 26.1 Å². The molecule has 1 amide bonds. The fraction of sp³-hybridized carbons (Fsp3) is 0.429. The van der Waals surface area contributed by atoms with Crippen LogP contribution in [-0.2, 0) is 4.79 Å². The van der Waals surface area contributed by atoms with Crippen LogP contribution >= 0.6 is 11.3 Å². The highest BCUT2D eigenvalue weighted by Crippen LogP contribution is 2.38. The maximum atomic E-state index is 12.5. The summed E-state index contributed by atoms with van der Waals surface area (Å²) in [5.41, 5.74) is 6.87. The monoisotopic (exact) mass is 395 g/mol. The zero-order chi connectivity index (χ0) is 19.1. The zero-order valence-corrected chi connectivity index (χ0v) is 16.8. The van der Waals surface area contributed by atoms with Crippen molar-refractivity contribution >= 4 is 17.2 Å². The zero-order valence-electron chi connectivity index (χ0n) is 15.9.